The first-order chi connectivity index (χ1) is 9.33. The molecule has 2 aliphatic rings. The van der Waals surface area contributed by atoms with Gasteiger partial charge in [0.25, 0.3) is 0 Å². The van der Waals surface area contributed by atoms with Gasteiger partial charge in [0.05, 0.1) is 6.54 Å². The zero-order chi connectivity index (χ0) is 13.1. The normalized spacial score (nSPS) is 20.5. The van der Waals surface area contributed by atoms with Crippen molar-refractivity contribution < 1.29 is 0 Å². The third-order valence-corrected chi connectivity index (χ3v) is 3.38. The molecule has 1 N–H and O–H groups in total. The van der Waals surface area contributed by atoms with E-state index in [0.717, 1.165) is 41.4 Å². The van der Waals surface area contributed by atoms with Crippen LogP contribution >= 0.6 is 15.9 Å². The maximum Gasteiger partial charge on any atom is 0.171 e. The van der Waals surface area contributed by atoms with Crippen molar-refractivity contribution in [3.63, 3.8) is 0 Å². The summed E-state index contributed by atoms with van der Waals surface area (Å²) in [5.41, 5.74) is 1.14. The lowest BCUT2D eigenvalue weighted by molar-refractivity contribution is 0.506. The van der Waals surface area contributed by atoms with Crippen molar-refractivity contribution in [3.05, 3.63) is 40.9 Å². The van der Waals surface area contributed by atoms with Crippen molar-refractivity contribution in [3.8, 4) is 0 Å². The van der Waals surface area contributed by atoms with Crippen LogP contribution in [0.1, 0.15) is 12.0 Å². The largest absolute Gasteiger partial charge is 0.330 e. The highest BCUT2D eigenvalue weighted by Gasteiger charge is 2.23. The molecule has 19 heavy (non-hydrogen) atoms. The molecule has 6 heteroatoms. The number of hydrogen-bond acceptors (Lipinski definition) is 4. The van der Waals surface area contributed by atoms with Crippen LogP contribution in [0.4, 0.5) is 0 Å². The molecule has 5 nitrogen and oxygen atoms in total. The summed E-state index contributed by atoms with van der Waals surface area (Å²) in [4.78, 5) is 15.3. The predicted octanol–water partition coefficient (Wildman–Crippen LogP) is 1.88. The van der Waals surface area contributed by atoms with E-state index < -0.39 is 0 Å². The summed E-state index contributed by atoms with van der Waals surface area (Å²) in [6.45, 7) is 2.48. The molecule has 0 aromatic carbocycles. The Morgan fingerprint density at radius 1 is 1.37 bits per heavy atom. The van der Waals surface area contributed by atoms with Gasteiger partial charge in [-0.2, -0.15) is 0 Å². The zero-order valence-corrected chi connectivity index (χ0v) is 12.0. The van der Waals surface area contributed by atoms with Crippen LogP contribution in [-0.2, 0) is 6.54 Å². The smallest absolute Gasteiger partial charge is 0.171 e. The van der Waals surface area contributed by atoms with Crippen LogP contribution in [0.5, 0.6) is 0 Å². The van der Waals surface area contributed by atoms with Crippen molar-refractivity contribution in [1.29, 1.82) is 0 Å². The molecule has 0 amide bonds. The fraction of sp³-hybridized carbons (Fsp3) is 0.308. The third-order valence-electron chi connectivity index (χ3n) is 2.98. The molecule has 0 saturated carbocycles. The van der Waals surface area contributed by atoms with Gasteiger partial charge in [0.1, 0.15) is 4.61 Å². The van der Waals surface area contributed by atoms with Crippen LogP contribution < -0.4 is 5.32 Å². The summed E-state index contributed by atoms with van der Waals surface area (Å²) in [5, 5.41) is 3.23. The summed E-state index contributed by atoms with van der Waals surface area (Å²) in [5.74, 6) is 1.76. The summed E-state index contributed by atoms with van der Waals surface area (Å²) >= 11 is 3.48. The van der Waals surface area contributed by atoms with E-state index in [0.29, 0.717) is 6.54 Å². The Morgan fingerprint density at radius 3 is 3.05 bits per heavy atom. The molecule has 98 valence electrons. The Bertz CT molecular complexity index is 549. The molecule has 0 radical (unpaired) electrons. The van der Waals surface area contributed by atoms with E-state index in [1.807, 2.05) is 18.3 Å². The number of hydrogen-bond donors (Lipinski definition) is 1. The Balaban J connectivity index is 1.83. The van der Waals surface area contributed by atoms with Gasteiger partial charge in [0.2, 0.25) is 0 Å². The molecule has 3 rings (SSSR count). The molecule has 1 aromatic heterocycles. The molecule has 0 aliphatic carbocycles. The van der Waals surface area contributed by atoms with Gasteiger partial charge in [-0.05, 0) is 40.0 Å². The number of aliphatic imine (C=N–C) groups is 2. The van der Waals surface area contributed by atoms with Gasteiger partial charge in [0.15, 0.2) is 11.7 Å². The van der Waals surface area contributed by atoms with Gasteiger partial charge in [-0.15, -0.1) is 0 Å². The number of pyridine rings is 1. The topological polar surface area (TPSA) is 52.9 Å². The molecule has 0 unspecified atom stereocenters. The zero-order valence-electron chi connectivity index (χ0n) is 10.4. The maximum atomic E-state index is 4.62. The second kappa shape index (κ2) is 5.52. The summed E-state index contributed by atoms with van der Waals surface area (Å²) in [6.07, 6.45) is 6.66. The lowest BCUT2D eigenvalue weighted by Crippen LogP contribution is -2.46. The van der Waals surface area contributed by atoms with Crippen molar-refractivity contribution in [1.82, 2.24) is 15.2 Å². The second-order valence-corrected chi connectivity index (χ2v) is 5.23. The molecule has 0 fully saturated rings. The fourth-order valence-electron chi connectivity index (χ4n) is 2.07. The minimum Gasteiger partial charge on any atom is -0.330 e. The van der Waals surface area contributed by atoms with Gasteiger partial charge >= 0.3 is 0 Å². The Morgan fingerprint density at radius 2 is 2.21 bits per heavy atom. The maximum absolute atomic E-state index is 4.62. The van der Waals surface area contributed by atoms with E-state index in [1.54, 1.807) is 12.4 Å². The SMILES string of the molecule is BrC1=CN2CCCN=C2C(=NCc2ccncc2)N1. The molecular weight excluding hydrogens is 306 g/mol. The Labute approximate surface area is 120 Å². The lowest BCUT2D eigenvalue weighted by Gasteiger charge is -2.31. The number of amidine groups is 2. The highest BCUT2D eigenvalue weighted by molar-refractivity contribution is 9.11. The number of halogens is 1. The minimum atomic E-state index is 0.623. The van der Waals surface area contributed by atoms with Crippen molar-refractivity contribution in [2.45, 2.75) is 13.0 Å². The lowest BCUT2D eigenvalue weighted by atomic mass is 10.2. The Kier molecular flexibility index (Phi) is 3.59. The van der Waals surface area contributed by atoms with Gasteiger partial charge < -0.3 is 10.2 Å². The standard InChI is InChI=1S/C13H14BrN5/c14-11-9-19-7-1-4-16-13(19)12(18-11)17-8-10-2-5-15-6-3-10/h2-3,5-6,9H,1,4,7-8H2,(H,17,18). The highest BCUT2D eigenvalue weighted by Crippen LogP contribution is 2.15. The number of aromatic nitrogens is 1. The first-order valence-corrected chi connectivity index (χ1v) is 7.01. The molecule has 0 spiro atoms. The van der Waals surface area contributed by atoms with E-state index in [1.165, 1.54) is 0 Å². The number of nitrogens with zero attached hydrogens (tertiary/aromatic N) is 4. The Hall–Kier alpha value is -1.69. The van der Waals surface area contributed by atoms with Gasteiger partial charge in [0, 0.05) is 31.7 Å². The van der Waals surface area contributed by atoms with E-state index >= 15 is 0 Å². The minimum absolute atomic E-state index is 0.623. The van der Waals surface area contributed by atoms with E-state index in [2.05, 4.69) is 41.1 Å². The number of fused-ring (bicyclic) bond motifs is 1. The predicted molar refractivity (Wildman–Crippen MR) is 79.1 cm³/mol. The molecule has 0 bridgehead atoms. The molecular formula is C13H14BrN5. The quantitative estimate of drug-likeness (QED) is 0.847. The first kappa shape index (κ1) is 12.3. The highest BCUT2D eigenvalue weighted by atomic mass is 79.9. The molecule has 0 saturated heterocycles. The summed E-state index contributed by atoms with van der Waals surface area (Å²) < 4.78 is 0.918. The molecule has 1 aromatic rings. The van der Waals surface area contributed by atoms with E-state index in [4.69, 9.17) is 0 Å². The van der Waals surface area contributed by atoms with Gasteiger partial charge in [-0.3, -0.25) is 15.0 Å². The summed E-state index contributed by atoms with van der Waals surface area (Å²) in [6, 6.07) is 3.94. The van der Waals surface area contributed by atoms with Crippen molar-refractivity contribution >= 4 is 27.6 Å². The fourth-order valence-corrected chi connectivity index (χ4v) is 2.50. The average molecular weight is 320 g/mol. The monoisotopic (exact) mass is 319 g/mol. The molecule has 2 aliphatic heterocycles. The van der Waals surface area contributed by atoms with Crippen LogP contribution in [-0.4, -0.2) is 34.6 Å². The van der Waals surface area contributed by atoms with Crippen molar-refractivity contribution in [2.24, 2.45) is 9.98 Å². The van der Waals surface area contributed by atoms with Crippen LogP contribution in [0.3, 0.4) is 0 Å². The van der Waals surface area contributed by atoms with E-state index in [9.17, 15) is 0 Å². The van der Waals surface area contributed by atoms with Gasteiger partial charge in [-0.25, -0.2) is 0 Å². The number of rotatable bonds is 2. The molecule has 3 heterocycles. The summed E-state index contributed by atoms with van der Waals surface area (Å²) in [7, 11) is 0. The van der Waals surface area contributed by atoms with E-state index in [-0.39, 0.29) is 0 Å². The van der Waals surface area contributed by atoms with Crippen LogP contribution in [0.15, 0.2) is 45.3 Å². The van der Waals surface area contributed by atoms with Gasteiger partial charge in [-0.1, -0.05) is 0 Å². The van der Waals surface area contributed by atoms with Crippen LogP contribution in [0.25, 0.3) is 0 Å². The second-order valence-electron chi connectivity index (χ2n) is 4.37. The van der Waals surface area contributed by atoms with Crippen LogP contribution in [0.2, 0.25) is 0 Å². The van der Waals surface area contributed by atoms with Crippen LogP contribution in [0, 0.1) is 0 Å². The molecule has 0 atom stereocenters. The first-order valence-electron chi connectivity index (χ1n) is 6.22. The van der Waals surface area contributed by atoms with Crippen molar-refractivity contribution in [2.75, 3.05) is 13.1 Å². The third kappa shape index (κ3) is 2.84. The number of nitrogens with one attached hydrogen (secondary N) is 1. The average Bonchev–Trinajstić information content (AvgIpc) is 2.45.